The summed E-state index contributed by atoms with van der Waals surface area (Å²) >= 11 is 3.43. The number of halogens is 1. The number of hydrogen-bond acceptors (Lipinski definition) is 2. The van der Waals surface area contributed by atoms with E-state index in [1.54, 1.807) is 0 Å². The summed E-state index contributed by atoms with van der Waals surface area (Å²) in [6, 6.07) is 17.8. The van der Waals surface area contributed by atoms with Crippen LogP contribution in [0.15, 0.2) is 59.1 Å². The smallest absolute Gasteiger partial charge is 0.238 e. The third-order valence-corrected chi connectivity index (χ3v) is 3.78. The minimum Gasteiger partial charge on any atom is -0.325 e. The fourth-order valence-electron chi connectivity index (χ4n) is 2.14. The molecule has 4 heteroatoms. The Morgan fingerprint density at radius 3 is 2.38 bits per heavy atom. The zero-order valence-corrected chi connectivity index (χ0v) is 13.6. The van der Waals surface area contributed by atoms with Crippen LogP contribution in [0.25, 0.3) is 0 Å². The molecular formula is C17H19BrN2O. The average molecular weight is 347 g/mol. The number of para-hydroxylation sites is 1. The highest BCUT2D eigenvalue weighted by molar-refractivity contribution is 9.10. The summed E-state index contributed by atoms with van der Waals surface area (Å²) in [7, 11) is 0. The van der Waals surface area contributed by atoms with Gasteiger partial charge in [0.15, 0.2) is 0 Å². The molecule has 1 atom stereocenters. The lowest BCUT2D eigenvalue weighted by atomic mass is 10.0. The molecule has 0 saturated carbocycles. The maximum atomic E-state index is 11.9. The van der Waals surface area contributed by atoms with Gasteiger partial charge in [0, 0.05) is 16.2 Å². The van der Waals surface area contributed by atoms with Crippen LogP contribution in [-0.2, 0) is 4.79 Å². The van der Waals surface area contributed by atoms with Crippen molar-refractivity contribution in [1.82, 2.24) is 5.32 Å². The fraction of sp³-hybridized carbons (Fsp3) is 0.235. The van der Waals surface area contributed by atoms with Crippen molar-refractivity contribution in [3.8, 4) is 0 Å². The van der Waals surface area contributed by atoms with Crippen LogP contribution in [-0.4, -0.2) is 12.5 Å². The lowest BCUT2D eigenvalue weighted by Crippen LogP contribution is -2.31. The molecule has 0 aliphatic rings. The second kappa shape index (κ2) is 7.96. The molecule has 21 heavy (non-hydrogen) atoms. The van der Waals surface area contributed by atoms with E-state index in [0.29, 0.717) is 6.54 Å². The SMILES string of the molecule is CC[C@H](NCC(=O)Nc1ccccc1)c1ccc(Br)cc1. The van der Waals surface area contributed by atoms with Crippen molar-refractivity contribution < 1.29 is 4.79 Å². The van der Waals surface area contributed by atoms with Crippen molar-refractivity contribution in [2.75, 3.05) is 11.9 Å². The maximum absolute atomic E-state index is 11.9. The molecule has 0 bridgehead atoms. The molecule has 2 aromatic rings. The number of nitrogens with one attached hydrogen (secondary N) is 2. The highest BCUT2D eigenvalue weighted by Crippen LogP contribution is 2.19. The van der Waals surface area contributed by atoms with Gasteiger partial charge < -0.3 is 10.6 Å². The van der Waals surface area contributed by atoms with Gasteiger partial charge in [0.1, 0.15) is 0 Å². The molecule has 2 aromatic carbocycles. The first-order chi connectivity index (χ1) is 10.2. The molecular weight excluding hydrogens is 328 g/mol. The van der Waals surface area contributed by atoms with E-state index in [4.69, 9.17) is 0 Å². The average Bonchev–Trinajstić information content (AvgIpc) is 2.50. The lowest BCUT2D eigenvalue weighted by Gasteiger charge is -2.17. The normalized spacial score (nSPS) is 11.9. The van der Waals surface area contributed by atoms with Crippen molar-refractivity contribution in [2.45, 2.75) is 19.4 Å². The third-order valence-electron chi connectivity index (χ3n) is 3.25. The van der Waals surface area contributed by atoms with Crippen LogP contribution in [0.4, 0.5) is 5.69 Å². The van der Waals surface area contributed by atoms with Crippen LogP contribution in [0, 0.1) is 0 Å². The van der Waals surface area contributed by atoms with Crippen molar-refractivity contribution in [2.24, 2.45) is 0 Å². The number of benzene rings is 2. The first-order valence-corrected chi connectivity index (χ1v) is 7.82. The molecule has 0 aliphatic carbocycles. The van der Waals surface area contributed by atoms with Crippen molar-refractivity contribution in [3.63, 3.8) is 0 Å². The molecule has 3 nitrogen and oxygen atoms in total. The number of anilines is 1. The number of carbonyl (C=O) groups is 1. The molecule has 0 heterocycles. The standard InChI is InChI=1S/C17H19BrN2O/c1-2-16(13-8-10-14(18)11-9-13)19-12-17(21)20-15-6-4-3-5-7-15/h3-11,16,19H,2,12H2,1H3,(H,20,21)/t16-/m0/s1. The molecule has 0 spiro atoms. The summed E-state index contributed by atoms with van der Waals surface area (Å²) < 4.78 is 1.06. The van der Waals surface area contributed by atoms with Gasteiger partial charge in [0.2, 0.25) is 5.91 Å². The summed E-state index contributed by atoms with van der Waals surface area (Å²) in [6.45, 7) is 2.40. The Hall–Kier alpha value is -1.65. The molecule has 1 amide bonds. The predicted octanol–water partition coefficient (Wildman–Crippen LogP) is 4.13. The van der Waals surface area contributed by atoms with Gasteiger partial charge in [-0.1, -0.05) is 53.2 Å². The van der Waals surface area contributed by atoms with Crippen molar-refractivity contribution in [1.29, 1.82) is 0 Å². The Bertz CT molecular complexity index is 569. The highest BCUT2D eigenvalue weighted by atomic mass is 79.9. The topological polar surface area (TPSA) is 41.1 Å². The lowest BCUT2D eigenvalue weighted by molar-refractivity contribution is -0.115. The van der Waals surface area contributed by atoms with E-state index in [-0.39, 0.29) is 11.9 Å². The van der Waals surface area contributed by atoms with Crippen LogP contribution in [0.5, 0.6) is 0 Å². The first kappa shape index (κ1) is 15.7. The Kier molecular flexibility index (Phi) is 5.96. The number of amides is 1. The first-order valence-electron chi connectivity index (χ1n) is 7.02. The summed E-state index contributed by atoms with van der Waals surface area (Å²) in [5, 5.41) is 6.17. The molecule has 0 aromatic heterocycles. The Labute approximate surface area is 133 Å². The quantitative estimate of drug-likeness (QED) is 0.825. The van der Waals surface area contributed by atoms with E-state index in [0.717, 1.165) is 16.6 Å². The van der Waals surface area contributed by atoms with Gasteiger partial charge in [-0.05, 0) is 36.2 Å². The van der Waals surface area contributed by atoms with E-state index in [2.05, 4.69) is 45.6 Å². The number of carbonyl (C=O) groups excluding carboxylic acids is 1. The van der Waals surface area contributed by atoms with Gasteiger partial charge >= 0.3 is 0 Å². The maximum Gasteiger partial charge on any atom is 0.238 e. The Morgan fingerprint density at radius 2 is 1.76 bits per heavy atom. The van der Waals surface area contributed by atoms with Crippen LogP contribution in [0.2, 0.25) is 0 Å². The van der Waals surface area contributed by atoms with Crippen LogP contribution in [0.3, 0.4) is 0 Å². The summed E-state index contributed by atoms with van der Waals surface area (Å²) in [5.74, 6) is -0.0308. The highest BCUT2D eigenvalue weighted by Gasteiger charge is 2.10. The van der Waals surface area contributed by atoms with Crippen molar-refractivity contribution >= 4 is 27.5 Å². The van der Waals surface area contributed by atoms with E-state index in [1.165, 1.54) is 5.56 Å². The van der Waals surface area contributed by atoms with Gasteiger partial charge in [-0.3, -0.25) is 4.79 Å². The van der Waals surface area contributed by atoms with E-state index < -0.39 is 0 Å². The zero-order valence-electron chi connectivity index (χ0n) is 12.0. The fourth-order valence-corrected chi connectivity index (χ4v) is 2.40. The van der Waals surface area contributed by atoms with Crippen molar-refractivity contribution in [3.05, 3.63) is 64.6 Å². The largest absolute Gasteiger partial charge is 0.325 e. The van der Waals surface area contributed by atoms with Crippen LogP contribution < -0.4 is 10.6 Å². The van der Waals surface area contributed by atoms with Gasteiger partial charge in [0.05, 0.1) is 6.54 Å². The molecule has 0 unspecified atom stereocenters. The monoisotopic (exact) mass is 346 g/mol. The molecule has 2 rings (SSSR count). The number of rotatable bonds is 6. The van der Waals surface area contributed by atoms with E-state index in [1.807, 2.05) is 42.5 Å². The Balaban J connectivity index is 1.88. The summed E-state index contributed by atoms with van der Waals surface area (Å²) in [5.41, 5.74) is 2.01. The van der Waals surface area contributed by atoms with Gasteiger partial charge in [-0.15, -0.1) is 0 Å². The minimum atomic E-state index is -0.0308. The molecule has 0 aliphatic heterocycles. The number of hydrogen-bond donors (Lipinski definition) is 2. The van der Waals surface area contributed by atoms with E-state index >= 15 is 0 Å². The predicted molar refractivity (Wildman–Crippen MR) is 90.2 cm³/mol. The zero-order chi connectivity index (χ0) is 15.1. The third kappa shape index (κ3) is 4.99. The summed E-state index contributed by atoms with van der Waals surface area (Å²) in [6.07, 6.45) is 0.931. The second-order valence-corrected chi connectivity index (χ2v) is 5.72. The molecule has 0 fully saturated rings. The molecule has 110 valence electrons. The van der Waals surface area contributed by atoms with Crippen LogP contribution in [0.1, 0.15) is 24.9 Å². The summed E-state index contributed by atoms with van der Waals surface area (Å²) in [4.78, 5) is 11.9. The second-order valence-electron chi connectivity index (χ2n) is 4.81. The Morgan fingerprint density at radius 1 is 1.10 bits per heavy atom. The van der Waals surface area contributed by atoms with E-state index in [9.17, 15) is 4.79 Å². The van der Waals surface area contributed by atoms with Crippen LogP contribution >= 0.6 is 15.9 Å². The molecule has 0 radical (unpaired) electrons. The minimum absolute atomic E-state index is 0.0308. The molecule has 0 saturated heterocycles. The van der Waals surface area contributed by atoms with Gasteiger partial charge in [0.25, 0.3) is 0 Å². The van der Waals surface area contributed by atoms with Gasteiger partial charge in [-0.25, -0.2) is 0 Å². The van der Waals surface area contributed by atoms with Gasteiger partial charge in [-0.2, -0.15) is 0 Å². The molecule has 2 N–H and O–H groups in total.